The number of fused-ring (bicyclic) bond motifs is 1. The highest BCUT2D eigenvalue weighted by atomic mass is 127. The molecular weight excluding hydrogens is 471 g/mol. The third kappa shape index (κ3) is 3.12. The number of hydrogen-bond acceptors (Lipinski definition) is 5. The summed E-state index contributed by atoms with van der Waals surface area (Å²) < 4.78 is 5.92. The monoisotopic (exact) mass is 488 g/mol. The van der Waals surface area contributed by atoms with Crippen LogP contribution in [0.15, 0.2) is 41.6 Å². The normalized spacial score (nSPS) is 24.8. The summed E-state index contributed by atoms with van der Waals surface area (Å²) in [5, 5.41) is 11.6. The Morgan fingerprint density at radius 2 is 2.12 bits per heavy atom. The molecule has 0 radical (unpaired) electrons. The Bertz CT molecular complexity index is 785. The topological polar surface area (TPSA) is 95.9 Å². The molecule has 1 fully saturated rings. The van der Waals surface area contributed by atoms with E-state index in [2.05, 4.69) is 27.9 Å². The number of carbonyl (C=O) groups is 3. The highest BCUT2D eigenvalue weighted by molar-refractivity contribution is 14.1. The van der Waals surface area contributed by atoms with E-state index in [1.165, 1.54) is 23.8 Å². The van der Waals surface area contributed by atoms with Gasteiger partial charge in [0.25, 0.3) is 11.6 Å². The van der Waals surface area contributed by atoms with Crippen molar-refractivity contribution in [3.05, 3.63) is 47.2 Å². The van der Waals surface area contributed by atoms with Crippen LogP contribution in [0.4, 0.5) is 0 Å². The van der Waals surface area contributed by atoms with Gasteiger partial charge in [0.15, 0.2) is 0 Å². The predicted octanol–water partition coefficient (Wildman–Crippen LogP) is 1.38. The molecule has 26 heavy (non-hydrogen) atoms. The van der Waals surface area contributed by atoms with Crippen LogP contribution in [0, 0.1) is 0 Å². The second-order valence-electron chi connectivity index (χ2n) is 5.88. The van der Waals surface area contributed by atoms with Crippen molar-refractivity contribution in [2.45, 2.75) is 17.5 Å². The minimum Gasteiger partial charge on any atom is -0.477 e. The summed E-state index contributed by atoms with van der Waals surface area (Å²) in [5.41, 5.74) is -0.0331. The fourth-order valence-corrected chi connectivity index (χ4v) is 5.51. The third-order valence-electron chi connectivity index (χ3n) is 4.33. The van der Waals surface area contributed by atoms with Gasteiger partial charge in [0.2, 0.25) is 5.91 Å². The van der Waals surface area contributed by atoms with Crippen molar-refractivity contribution in [2.24, 2.45) is 0 Å². The molecule has 2 amide bonds. The lowest BCUT2D eigenvalue weighted by molar-refractivity contribution is -0.192. The Labute approximate surface area is 168 Å². The third-order valence-corrected chi connectivity index (χ3v) is 6.62. The van der Waals surface area contributed by atoms with Crippen LogP contribution in [-0.2, 0) is 25.5 Å². The standard InChI is InChI=1S/C17H17IN2O5S/c1-25-17(19-12(21)7-10-5-3-2-4-6-10)15(24)20-13(14(22)23)11(8-18)9-26-16(17)20/h2-6,16H,7-9H2,1H3,(H,19,21)(H,22,23)/t16-,17?/m0/s1. The Morgan fingerprint density at radius 3 is 2.69 bits per heavy atom. The number of carboxylic acids is 1. The summed E-state index contributed by atoms with van der Waals surface area (Å²) in [7, 11) is 1.34. The molecule has 1 aromatic carbocycles. The Kier molecular flexibility index (Phi) is 5.58. The van der Waals surface area contributed by atoms with Crippen molar-refractivity contribution >= 4 is 52.1 Å². The molecule has 2 aliphatic heterocycles. The van der Waals surface area contributed by atoms with Crippen molar-refractivity contribution in [1.82, 2.24) is 10.2 Å². The molecule has 1 saturated heterocycles. The number of halogens is 1. The Balaban J connectivity index is 1.81. The van der Waals surface area contributed by atoms with Crippen LogP contribution in [0.5, 0.6) is 0 Å². The number of nitrogens with one attached hydrogen (secondary N) is 1. The average molecular weight is 488 g/mol. The summed E-state index contributed by atoms with van der Waals surface area (Å²) in [6.45, 7) is 0. The molecule has 7 nitrogen and oxygen atoms in total. The quantitative estimate of drug-likeness (QED) is 0.272. The zero-order valence-electron chi connectivity index (χ0n) is 13.9. The largest absolute Gasteiger partial charge is 0.477 e. The molecule has 3 rings (SSSR count). The summed E-state index contributed by atoms with van der Waals surface area (Å²) in [6.07, 6.45) is 0.108. The van der Waals surface area contributed by atoms with E-state index in [9.17, 15) is 19.5 Å². The molecule has 1 aromatic rings. The maximum absolute atomic E-state index is 12.8. The molecule has 0 aliphatic carbocycles. The van der Waals surface area contributed by atoms with Crippen LogP contribution in [0.2, 0.25) is 0 Å². The van der Waals surface area contributed by atoms with Crippen LogP contribution >= 0.6 is 34.4 Å². The minimum atomic E-state index is -1.53. The van der Waals surface area contributed by atoms with Gasteiger partial charge in [-0.1, -0.05) is 52.9 Å². The molecule has 2 N–H and O–H groups in total. The molecule has 1 unspecified atom stereocenters. The van der Waals surface area contributed by atoms with Crippen molar-refractivity contribution < 1.29 is 24.2 Å². The van der Waals surface area contributed by atoms with Crippen molar-refractivity contribution in [1.29, 1.82) is 0 Å². The maximum Gasteiger partial charge on any atom is 0.352 e. The number of amides is 2. The molecule has 2 heterocycles. The number of thioether (sulfide) groups is 1. The van der Waals surface area contributed by atoms with E-state index in [0.29, 0.717) is 15.8 Å². The summed E-state index contributed by atoms with van der Waals surface area (Å²) >= 11 is 3.47. The average Bonchev–Trinajstić information content (AvgIpc) is 2.65. The number of methoxy groups -OCH3 is 1. The fourth-order valence-electron chi connectivity index (χ4n) is 3.08. The van der Waals surface area contributed by atoms with Crippen LogP contribution in [0.25, 0.3) is 0 Å². The molecule has 0 aromatic heterocycles. The highest BCUT2D eigenvalue weighted by Crippen LogP contribution is 2.46. The van der Waals surface area contributed by atoms with Crippen LogP contribution in [-0.4, -0.2) is 56.2 Å². The Hall–Kier alpha value is -1.59. The van der Waals surface area contributed by atoms with Crippen molar-refractivity contribution in [3.63, 3.8) is 0 Å². The van der Waals surface area contributed by atoms with Gasteiger partial charge in [0.05, 0.1) is 6.42 Å². The van der Waals surface area contributed by atoms with E-state index >= 15 is 0 Å². The summed E-state index contributed by atoms with van der Waals surface area (Å²) in [5.74, 6) is -1.58. The molecule has 2 aliphatic rings. The summed E-state index contributed by atoms with van der Waals surface area (Å²) in [4.78, 5) is 38.1. The lowest BCUT2D eigenvalue weighted by atomic mass is 9.98. The van der Waals surface area contributed by atoms with E-state index in [-0.39, 0.29) is 18.0 Å². The molecule has 0 bridgehead atoms. The van der Waals surface area contributed by atoms with E-state index in [1.54, 1.807) is 0 Å². The number of ether oxygens (including phenoxy) is 1. The number of alkyl halides is 1. The van der Waals surface area contributed by atoms with Crippen LogP contribution in [0.1, 0.15) is 5.56 Å². The number of hydrogen-bond donors (Lipinski definition) is 2. The Morgan fingerprint density at radius 1 is 1.42 bits per heavy atom. The number of carboxylic acid groups (broad SMARTS) is 1. The van der Waals surface area contributed by atoms with Gasteiger partial charge in [-0.3, -0.25) is 14.5 Å². The van der Waals surface area contributed by atoms with E-state index in [1.807, 2.05) is 30.3 Å². The number of β-lactam (4-membered cyclic amide) rings is 1. The lowest BCUT2D eigenvalue weighted by Gasteiger charge is -2.55. The zero-order valence-corrected chi connectivity index (χ0v) is 16.9. The highest BCUT2D eigenvalue weighted by Gasteiger charge is 2.66. The molecule has 0 saturated carbocycles. The first-order chi connectivity index (χ1) is 12.4. The molecule has 138 valence electrons. The van der Waals surface area contributed by atoms with Gasteiger partial charge in [0, 0.05) is 17.3 Å². The lowest BCUT2D eigenvalue weighted by Crippen LogP contribution is -2.80. The smallest absolute Gasteiger partial charge is 0.352 e. The molecular formula is C17H17IN2O5S. The first-order valence-electron chi connectivity index (χ1n) is 7.81. The van der Waals surface area contributed by atoms with Crippen molar-refractivity contribution in [3.8, 4) is 0 Å². The van der Waals surface area contributed by atoms with E-state index in [0.717, 1.165) is 5.56 Å². The van der Waals surface area contributed by atoms with Crippen LogP contribution < -0.4 is 5.32 Å². The molecule has 9 heteroatoms. The summed E-state index contributed by atoms with van der Waals surface area (Å²) in [6, 6.07) is 9.16. The number of aliphatic carboxylic acids is 1. The van der Waals surface area contributed by atoms with Gasteiger partial charge in [-0.05, 0) is 11.1 Å². The minimum absolute atomic E-state index is 0.00173. The van der Waals surface area contributed by atoms with Gasteiger partial charge in [0.1, 0.15) is 11.1 Å². The number of rotatable bonds is 6. The predicted molar refractivity (Wildman–Crippen MR) is 105 cm³/mol. The molecule has 0 spiro atoms. The van der Waals surface area contributed by atoms with Gasteiger partial charge in [-0.15, -0.1) is 11.8 Å². The number of carbonyl (C=O) groups excluding carboxylic acids is 2. The SMILES string of the molecule is COC1(NC(=O)Cc2ccccc2)C(=O)N2C(C(=O)O)=C(CI)CS[C@H]21. The second-order valence-corrected chi connectivity index (χ2v) is 7.71. The first kappa shape index (κ1) is 19.2. The van der Waals surface area contributed by atoms with Gasteiger partial charge in [-0.25, -0.2) is 4.79 Å². The van der Waals surface area contributed by atoms with Gasteiger partial charge in [-0.2, -0.15) is 0 Å². The maximum atomic E-state index is 12.8. The zero-order chi connectivity index (χ0) is 18.9. The number of nitrogens with zero attached hydrogens (tertiary/aromatic N) is 1. The van der Waals surface area contributed by atoms with Gasteiger partial charge < -0.3 is 15.2 Å². The first-order valence-corrected chi connectivity index (χ1v) is 10.4. The van der Waals surface area contributed by atoms with E-state index < -0.39 is 23.0 Å². The second kappa shape index (κ2) is 7.57. The van der Waals surface area contributed by atoms with Gasteiger partial charge >= 0.3 is 5.97 Å². The van der Waals surface area contributed by atoms with Crippen LogP contribution in [0.3, 0.4) is 0 Å². The molecule has 2 atom stereocenters. The van der Waals surface area contributed by atoms with Crippen molar-refractivity contribution in [2.75, 3.05) is 17.3 Å². The number of benzene rings is 1. The van der Waals surface area contributed by atoms with E-state index in [4.69, 9.17) is 4.74 Å². The fraction of sp³-hybridized carbons (Fsp3) is 0.353.